The molecule has 0 aromatic carbocycles. The van der Waals surface area contributed by atoms with Crippen LogP contribution in [0.3, 0.4) is 0 Å². The van der Waals surface area contributed by atoms with Crippen LogP contribution in [0.25, 0.3) is 0 Å². The molecule has 0 atom stereocenters. The molecule has 1 aromatic rings. The van der Waals surface area contributed by atoms with E-state index >= 15 is 0 Å². The minimum Gasteiger partial charge on any atom is -0.354 e. The predicted octanol–water partition coefficient (Wildman–Crippen LogP) is 3.62. The third-order valence-corrected chi connectivity index (χ3v) is 3.18. The topological polar surface area (TPSA) is 41.1 Å². The van der Waals surface area contributed by atoms with Gasteiger partial charge in [0.2, 0.25) is 5.95 Å². The molecule has 0 aliphatic rings. The summed E-state index contributed by atoms with van der Waals surface area (Å²) in [6.45, 7) is 12.7. The van der Waals surface area contributed by atoms with Crippen LogP contribution in [0.2, 0.25) is 0 Å². The highest BCUT2D eigenvalue weighted by atomic mass is 15.2. The second kappa shape index (κ2) is 7.97. The third-order valence-electron chi connectivity index (χ3n) is 3.18. The molecule has 0 saturated heterocycles. The maximum Gasteiger partial charge on any atom is 0.224 e. The van der Waals surface area contributed by atoms with E-state index < -0.39 is 0 Å². The number of rotatable bonds is 8. The molecule has 108 valence electrons. The van der Waals surface area contributed by atoms with Crippen molar-refractivity contribution in [2.45, 2.75) is 59.9 Å². The number of aromatic nitrogens is 2. The zero-order valence-corrected chi connectivity index (χ0v) is 13.0. The first-order valence-electron chi connectivity index (χ1n) is 7.44. The van der Waals surface area contributed by atoms with Gasteiger partial charge in [0.1, 0.15) is 5.82 Å². The standard InChI is InChI=1S/C15H28N4/c1-6-8-9-10-19(12(3)4)14-13(5)11-17-15(18-14)16-7-2/h11-12H,6-10H2,1-5H3,(H,16,17,18). The van der Waals surface area contributed by atoms with Gasteiger partial charge < -0.3 is 10.2 Å². The van der Waals surface area contributed by atoms with Crippen molar-refractivity contribution >= 4 is 11.8 Å². The van der Waals surface area contributed by atoms with Gasteiger partial charge in [-0.05, 0) is 34.1 Å². The van der Waals surface area contributed by atoms with Gasteiger partial charge in [0, 0.05) is 30.9 Å². The lowest BCUT2D eigenvalue weighted by molar-refractivity contribution is 0.618. The zero-order chi connectivity index (χ0) is 14.3. The molecule has 0 fully saturated rings. The average Bonchev–Trinajstić information content (AvgIpc) is 2.37. The Morgan fingerprint density at radius 1 is 1.26 bits per heavy atom. The van der Waals surface area contributed by atoms with Crippen molar-refractivity contribution in [1.29, 1.82) is 0 Å². The SMILES string of the molecule is CCCCCN(c1nc(NCC)ncc1C)C(C)C. The average molecular weight is 264 g/mol. The van der Waals surface area contributed by atoms with Gasteiger partial charge in [-0.25, -0.2) is 4.98 Å². The maximum atomic E-state index is 4.67. The molecule has 0 spiro atoms. The first-order valence-corrected chi connectivity index (χ1v) is 7.44. The molecule has 0 saturated carbocycles. The number of aryl methyl sites for hydroxylation is 1. The summed E-state index contributed by atoms with van der Waals surface area (Å²) in [4.78, 5) is 11.4. The van der Waals surface area contributed by atoms with Crippen LogP contribution in [0.15, 0.2) is 6.20 Å². The molecule has 4 heteroatoms. The van der Waals surface area contributed by atoms with Gasteiger partial charge >= 0.3 is 0 Å². The van der Waals surface area contributed by atoms with Crippen LogP contribution in [-0.2, 0) is 0 Å². The van der Waals surface area contributed by atoms with Crippen LogP contribution in [0.5, 0.6) is 0 Å². The van der Waals surface area contributed by atoms with Crippen LogP contribution < -0.4 is 10.2 Å². The summed E-state index contributed by atoms with van der Waals surface area (Å²) < 4.78 is 0. The summed E-state index contributed by atoms with van der Waals surface area (Å²) in [7, 11) is 0. The van der Waals surface area contributed by atoms with Crippen LogP contribution in [0, 0.1) is 6.92 Å². The molecular weight excluding hydrogens is 236 g/mol. The molecule has 0 unspecified atom stereocenters. The van der Waals surface area contributed by atoms with Crippen molar-refractivity contribution in [2.24, 2.45) is 0 Å². The molecule has 1 aromatic heterocycles. The van der Waals surface area contributed by atoms with E-state index in [-0.39, 0.29) is 0 Å². The highest BCUT2D eigenvalue weighted by Gasteiger charge is 2.15. The fourth-order valence-electron chi connectivity index (χ4n) is 2.11. The number of hydrogen-bond donors (Lipinski definition) is 1. The second-order valence-electron chi connectivity index (χ2n) is 5.22. The van der Waals surface area contributed by atoms with Gasteiger partial charge in [-0.15, -0.1) is 0 Å². The van der Waals surface area contributed by atoms with Crippen molar-refractivity contribution in [2.75, 3.05) is 23.3 Å². The Morgan fingerprint density at radius 2 is 2.00 bits per heavy atom. The first kappa shape index (κ1) is 15.7. The number of nitrogens with zero attached hydrogens (tertiary/aromatic N) is 3. The monoisotopic (exact) mass is 264 g/mol. The minimum absolute atomic E-state index is 0.458. The summed E-state index contributed by atoms with van der Waals surface area (Å²) in [6, 6.07) is 0.458. The van der Waals surface area contributed by atoms with Crippen molar-refractivity contribution in [3.05, 3.63) is 11.8 Å². The van der Waals surface area contributed by atoms with E-state index in [2.05, 4.69) is 54.8 Å². The number of hydrogen-bond acceptors (Lipinski definition) is 4. The minimum atomic E-state index is 0.458. The lowest BCUT2D eigenvalue weighted by atomic mass is 10.2. The molecule has 0 amide bonds. The van der Waals surface area contributed by atoms with Crippen LogP contribution >= 0.6 is 0 Å². The predicted molar refractivity (Wildman–Crippen MR) is 82.9 cm³/mol. The molecule has 0 aliphatic heterocycles. The van der Waals surface area contributed by atoms with E-state index in [0.29, 0.717) is 6.04 Å². The molecule has 1 heterocycles. The van der Waals surface area contributed by atoms with Gasteiger partial charge in [-0.3, -0.25) is 0 Å². The fraction of sp³-hybridized carbons (Fsp3) is 0.733. The zero-order valence-electron chi connectivity index (χ0n) is 13.0. The first-order chi connectivity index (χ1) is 9.10. The summed E-state index contributed by atoms with van der Waals surface area (Å²) in [6.07, 6.45) is 5.65. The molecular formula is C15H28N4. The number of unbranched alkanes of at least 4 members (excludes halogenated alkanes) is 2. The van der Waals surface area contributed by atoms with E-state index in [1.54, 1.807) is 0 Å². The Labute approximate surface area is 117 Å². The second-order valence-corrected chi connectivity index (χ2v) is 5.22. The normalized spacial score (nSPS) is 10.8. The Hall–Kier alpha value is -1.32. The van der Waals surface area contributed by atoms with Crippen molar-refractivity contribution < 1.29 is 0 Å². The molecule has 0 radical (unpaired) electrons. The number of anilines is 2. The molecule has 19 heavy (non-hydrogen) atoms. The highest BCUT2D eigenvalue weighted by Crippen LogP contribution is 2.21. The van der Waals surface area contributed by atoms with E-state index in [0.717, 1.165) is 30.4 Å². The Morgan fingerprint density at radius 3 is 2.58 bits per heavy atom. The fourth-order valence-corrected chi connectivity index (χ4v) is 2.11. The van der Waals surface area contributed by atoms with Crippen molar-refractivity contribution in [3.8, 4) is 0 Å². The molecule has 1 rings (SSSR count). The van der Waals surface area contributed by atoms with Gasteiger partial charge in [0.15, 0.2) is 0 Å². The van der Waals surface area contributed by atoms with Gasteiger partial charge in [0.05, 0.1) is 0 Å². The van der Waals surface area contributed by atoms with Crippen LogP contribution in [0.4, 0.5) is 11.8 Å². The van der Waals surface area contributed by atoms with Gasteiger partial charge in [-0.2, -0.15) is 4.98 Å². The quantitative estimate of drug-likeness (QED) is 0.728. The Kier molecular flexibility index (Phi) is 6.60. The molecule has 0 bridgehead atoms. The van der Waals surface area contributed by atoms with Crippen molar-refractivity contribution in [3.63, 3.8) is 0 Å². The maximum absolute atomic E-state index is 4.67. The van der Waals surface area contributed by atoms with Gasteiger partial charge in [0.25, 0.3) is 0 Å². The van der Waals surface area contributed by atoms with E-state index in [1.807, 2.05) is 6.20 Å². The van der Waals surface area contributed by atoms with Crippen molar-refractivity contribution in [1.82, 2.24) is 9.97 Å². The Balaban J connectivity index is 2.90. The molecule has 1 N–H and O–H groups in total. The lowest BCUT2D eigenvalue weighted by Gasteiger charge is -2.29. The van der Waals surface area contributed by atoms with Crippen LogP contribution in [0.1, 0.15) is 52.5 Å². The largest absolute Gasteiger partial charge is 0.354 e. The summed E-state index contributed by atoms with van der Waals surface area (Å²) in [5.74, 6) is 1.79. The van der Waals surface area contributed by atoms with E-state index in [4.69, 9.17) is 0 Å². The lowest BCUT2D eigenvalue weighted by Crippen LogP contribution is -2.33. The Bertz CT molecular complexity index is 376. The third kappa shape index (κ3) is 4.69. The van der Waals surface area contributed by atoms with E-state index in [9.17, 15) is 0 Å². The highest BCUT2D eigenvalue weighted by molar-refractivity contribution is 5.49. The summed E-state index contributed by atoms with van der Waals surface area (Å²) in [5.41, 5.74) is 1.15. The molecule has 4 nitrogen and oxygen atoms in total. The van der Waals surface area contributed by atoms with Gasteiger partial charge in [-0.1, -0.05) is 19.8 Å². The summed E-state index contributed by atoms with van der Waals surface area (Å²) >= 11 is 0. The van der Waals surface area contributed by atoms with E-state index in [1.165, 1.54) is 19.3 Å². The van der Waals surface area contributed by atoms with Crippen LogP contribution in [-0.4, -0.2) is 29.1 Å². The summed E-state index contributed by atoms with van der Waals surface area (Å²) in [5, 5.41) is 3.19. The molecule has 0 aliphatic carbocycles. The smallest absolute Gasteiger partial charge is 0.224 e. The number of nitrogens with one attached hydrogen (secondary N) is 1.